The highest BCUT2D eigenvalue weighted by Gasteiger charge is 2.17. The lowest BCUT2D eigenvalue weighted by Crippen LogP contribution is -2.27. The Morgan fingerprint density at radius 2 is 2.05 bits per heavy atom. The number of amides is 2. The molecule has 0 radical (unpaired) electrons. The predicted molar refractivity (Wildman–Crippen MR) is 74.5 cm³/mol. The van der Waals surface area contributed by atoms with E-state index in [9.17, 15) is 9.59 Å². The molecule has 0 fully saturated rings. The third-order valence-electron chi connectivity index (χ3n) is 2.44. The van der Waals surface area contributed by atoms with Crippen molar-refractivity contribution in [1.29, 1.82) is 0 Å². The van der Waals surface area contributed by atoms with Gasteiger partial charge in [0.2, 0.25) is 0 Å². The molecule has 1 aromatic heterocycles. The van der Waals surface area contributed by atoms with Crippen LogP contribution in [-0.2, 0) is 4.74 Å². The molecule has 0 aliphatic carbocycles. The van der Waals surface area contributed by atoms with Crippen molar-refractivity contribution in [2.75, 3.05) is 5.32 Å². The number of aromatic amines is 1. The van der Waals surface area contributed by atoms with Crippen LogP contribution in [0.4, 0.5) is 10.5 Å². The van der Waals surface area contributed by atoms with E-state index < -0.39 is 17.6 Å². The molecule has 1 heterocycles. The molecule has 7 heteroatoms. The van der Waals surface area contributed by atoms with E-state index >= 15 is 0 Å². The Balaban J connectivity index is 2.25. The Bertz CT molecular complexity index is 670. The molecule has 2 amide bonds. The van der Waals surface area contributed by atoms with Gasteiger partial charge >= 0.3 is 6.09 Å². The van der Waals surface area contributed by atoms with Gasteiger partial charge in [0.1, 0.15) is 5.60 Å². The van der Waals surface area contributed by atoms with Crippen molar-refractivity contribution in [3.63, 3.8) is 0 Å². The SMILES string of the molecule is CC(C)(C)OC(=O)Nc1ccc2[nH]nc(C(N)=O)c2c1. The molecule has 0 spiro atoms. The summed E-state index contributed by atoms with van der Waals surface area (Å²) in [4.78, 5) is 22.9. The summed E-state index contributed by atoms with van der Waals surface area (Å²) < 4.78 is 5.15. The van der Waals surface area contributed by atoms with E-state index in [-0.39, 0.29) is 5.69 Å². The van der Waals surface area contributed by atoms with E-state index in [0.29, 0.717) is 16.6 Å². The molecule has 7 nitrogen and oxygen atoms in total. The summed E-state index contributed by atoms with van der Waals surface area (Å²) in [5.74, 6) is -0.634. The van der Waals surface area contributed by atoms with E-state index in [0.717, 1.165) is 0 Å². The molecular weight excluding hydrogens is 260 g/mol. The van der Waals surface area contributed by atoms with Crippen LogP contribution in [0, 0.1) is 0 Å². The van der Waals surface area contributed by atoms with Crippen LogP contribution in [0.3, 0.4) is 0 Å². The van der Waals surface area contributed by atoms with Crippen LogP contribution in [0.15, 0.2) is 18.2 Å². The van der Waals surface area contributed by atoms with Crippen LogP contribution in [0.5, 0.6) is 0 Å². The Morgan fingerprint density at radius 3 is 2.65 bits per heavy atom. The minimum Gasteiger partial charge on any atom is -0.444 e. The number of hydrogen-bond acceptors (Lipinski definition) is 4. The first-order valence-electron chi connectivity index (χ1n) is 6.04. The summed E-state index contributed by atoms with van der Waals surface area (Å²) in [7, 11) is 0. The number of primary amides is 1. The lowest BCUT2D eigenvalue weighted by molar-refractivity contribution is 0.0636. The van der Waals surface area contributed by atoms with Crippen molar-refractivity contribution in [3.8, 4) is 0 Å². The van der Waals surface area contributed by atoms with Gasteiger partial charge in [0, 0.05) is 11.1 Å². The molecular formula is C13H16N4O3. The molecule has 20 heavy (non-hydrogen) atoms. The summed E-state index contributed by atoms with van der Waals surface area (Å²) in [6.45, 7) is 5.32. The number of hydrogen-bond donors (Lipinski definition) is 3. The van der Waals surface area contributed by atoms with E-state index in [1.807, 2.05) is 0 Å². The summed E-state index contributed by atoms with van der Waals surface area (Å²) in [6.07, 6.45) is -0.569. The molecule has 0 atom stereocenters. The smallest absolute Gasteiger partial charge is 0.412 e. The summed E-state index contributed by atoms with van der Waals surface area (Å²) in [5, 5.41) is 9.66. The number of fused-ring (bicyclic) bond motifs is 1. The van der Waals surface area contributed by atoms with Gasteiger partial charge in [-0.05, 0) is 39.0 Å². The number of ether oxygens (including phenoxy) is 1. The fourth-order valence-electron chi connectivity index (χ4n) is 1.70. The van der Waals surface area contributed by atoms with E-state index in [1.165, 1.54) is 0 Å². The van der Waals surface area contributed by atoms with Crippen LogP contribution in [0.2, 0.25) is 0 Å². The summed E-state index contributed by atoms with van der Waals surface area (Å²) in [5.41, 5.74) is 5.93. The van der Waals surface area contributed by atoms with Crippen molar-refractivity contribution in [2.24, 2.45) is 5.73 Å². The maximum Gasteiger partial charge on any atom is 0.412 e. The zero-order chi connectivity index (χ0) is 14.9. The second-order valence-corrected chi connectivity index (χ2v) is 5.32. The van der Waals surface area contributed by atoms with Gasteiger partial charge in [-0.25, -0.2) is 4.79 Å². The quantitative estimate of drug-likeness (QED) is 0.779. The number of H-pyrrole nitrogens is 1. The Labute approximate surface area is 115 Å². The number of nitrogens with two attached hydrogens (primary N) is 1. The highest BCUT2D eigenvalue weighted by Crippen LogP contribution is 2.21. The number of rotatable bonds is 2. The molecule has 2 aromatic rings. The zero-order valence-electron chi connectivity index (χ0n) is 11.5. The van der Waals surface area contributed by atoms with Crippen molar-refractivity contribution in [2.45, 2.75) is 26.4 Å². The Kier molecular flexibility index (Phi) is 3.35. The van der Waals surface area contributed by atoms with Gasteiger partial charge in [-0.3, -0.25) is 15.2 Å². The third-order valence-corrected chi connectivity index (χ3v) is 2.44. The number of aromatic nitrogens is 2. The van der Waals surface area contributed by atoms with Gasteiger partial charge in [-0.1, -0.05) is 0 Å². The largest absolute Gasteiger partial charge is 0.444 e. The maximum absolute atomic E-state index is 11.7. The van der Waals surface area contributed by atoms with Gasteiger partial charge in [0.05, 0.1) is 5.52 Å². The number of carbonyl (C=O) groups is 2. The normalized spacial score (nSPS) is 11.3. The number of nitrogens with zero attached hydrogens (tertiary/aromatic N) is 1. The number of carbonyl (C=O) groups excluding carboxylic acids is 2. The molecule has 0 saturated heterocycles. The second kappa shape index (κ2) is 4.84. The highest BCUT2D eigenvalue weighted by atomic mass is 16.6. The molecule has 0 aliphatic rings. The van der Waals surface area contributed by atoms with Crippen LogP contribution in [0.1, 0.15) is 31.3 Å². The standard InChI is InChI=1S/C13H16N4O3/c1-13(2,3)20-12(19)15-7-4-5-9-8(6-7)10(11(14)18)17-16-9/h4-6H,1-3H3,(H2,14,18)(H,15,19)(H,16,17). The number of nitrogens with one attached hydrogen (secondary N) is 2. The van der Waals surface area contributed by atoms with Gasteiger partial charge in [0.25, 0.3) is 5.91 Å². The van der Waals surface area contributed by atoms with Crippen LogP contribution >= 0.6 is 0 Å². The highest BCUT2D eigenvalue weighted by molar-refractivity contribution is 6.05. The third kappa shape index (κ3) is 3.05. The molecule has 0 saturated carbocycles. The van der Waals surface area contributed by atoms with E-state index in [4.69, 9.17) is 10.5 Å². The first-order valence-corrected chi connectivity index (χ1v) is 6.04. The molecule has 1 aromatic carbocycles. The monoisotopic (exact) mass is 276 g/mol. The predicted octanol–water partition coefficient (Wildman–Crippen LogP) is 2.01. The van der Waals surface area contributed by atoms with Crippen LogP contribution in [0.25, 0.3) is 10.9 Å². The number of anilines is 1. The van der Waals surface area contributed by atoms with Crippen LogP contribution in [-0.4, -0.2) is 27.8 Å². The van der Waals surface area contributed by atoms with Crippen molar-refractivity contribution in [1.82, 2.24) is 10.2 Å². The van der Waals surface area contributed by atoms with Crippen LogP contribution < -0.4 is 11.1 Å². The lowest BCUT2D eigenvalue weighted by atomic mass is 10.2. The van der Waals surface area contributed by atoms with E-state index in [2.05, 4.69) is 15.5 Å². The topological polar surface area (TPSA) is 110 Å². The van der Waals surface area contributed by atoms with Gasteiger partial charge in [-0.15, -0.1) is 0 Å². The molecule has 4 N–H and O–H groups in total. The lowest BCUT2D eigenvalue weighted by Gasteiger charge is -2.19. The Morgan fingerprint density at radius 1 is 1.35 bits per heavy atom. The Hall–Kier alpha value is -2.57. The first kappa shape index (κ1) is 13.9. The van der Waals surface area contributed by atoms with Gasteiger partial charge < -0.3 is 10.5 Å². The minimum absolute atomic E-state index is 0.132. The fourth-order valence-corrected chi connectivity index (χ4v) is 1.70. The minimum atomic E-state index is -0.634. The average Bonchev–Trinajstić information content (AvgIpc) is 2.69. The van der Waals surface area contributed by atoms with Gasteiger partial charge in [0.15, 0.2) is 5.69 Å². The molecule has 2 rings (SSSR count). The first-order chi connectivity index (χ1) is 9.26. The molecule has 106 valence electrons. The summed E-state index contributed by atoms with van der Waals surface area (Å²) in [6, 6.07) is 4.99. The molecule has 0 aliphatic heterocycles. The average molecular weight is 276 g/mol. The van der Waals surface area contributed by atoms with Crippen molar-refractivity contribution in [3.05, 3.63) is 23.9 Å². The fraction of sp³-hybridized carbons (Fsp3) is 0.308. The van der Waals surface area contributed by atoms with E-state index in [1.54, 1.807) is 39.0 Å². The zero-order valence-corrected chi connectivity index (χ0v) is 11.5. The second-order valence-electron chi connectivity index (χ2n) is 5.32. The molecule has 0 bridgehead atoms. The molecule has 0 unspecified atom stereocenters. The summed E-state index contributed by atoms with van der Waals surface area (Å²) >= 11 is 0. The maximum atomic E-state index is 11.7. The number of benzene rings is 1. The van der Waals surface area contributed by atoms with Crippen molar-refractivity contribution >= 4 is 28.6 Å². The van der Waals surface area contributed by atoms with Gasteiger partial charge in [-0.2, -0.15) is 5.10 Å². The van der Waals surface area contributed by atoms with Crippen molar-refractivity contribution < 1.29 is 14.3 Å².